The molecule has 0 aromatic carbocycles. The molecule has 0 aliphatic heterocycles. The highest BCUT2D eigenvalue weighted by atomic mass is 16.4. The van der Waals surface area contributed by atoms with E-state index in [1.807, 2.05) is 0 Å². The number of amides is 2. The minimum absolute atomic E-state index is 0.0989. The van der Waals surface area contributed by atoms with Crippen molar-refractivity contribution in [3.05, 3.63) is 0 Å². The lowest BCUT2D eigenvalue weighted by molar-refractivity contribution is -0.140. The normalized spacial score (nSPS) is 19.2. The van der Waals surface area contributed by atoms with Crippen molar-refractivity contribution in [2.24, 2.45) is 5.92 Å². The standard InChI is InChI=1S/C13H20N2O5/c16-11(17)6-5-10(12(18)19)14-13(20)15(9-3-4-9)7-8-1-2-8/h8-10H,1-7H2,(H,14,20)(H,16,17)(H,18,19)/t10-/m0/s1. The third-order valence-electron chi connectivity index (χ3n) is 3.64. The molecule has 0 bridgehead atoms. The van der Waals surface area contributed by atoms with Crippen LogP contribution in [0.3, 0.4) is 0 Å². The van der Waals surface area contributed by atoms with Crippen molar-refractivity contribution >= 4 is 18.0 Å². The van der Waals surface area contributed by atoms with E-state index >= 15 is 0 Å². The minimum Gasteiger partial charge on any atom is -0.481 e. The molecule has 0 spiro atoms. The van der Waals surface area contributed by atoms with E-state index in [0.717, 1.165) is 25.7 Å². The summed E-state index contributed by atoms with van der Waals surface area (Å²) >= 11 is 0. The lowest BCUT2D eigenvalue weighted by Gasteiger charge is -2.25. The number of hydrogen-bond acceptors (Lipinski definition) is 3. The van der Waals surface area contributed by atoms with Crippen LogP contribution in [0.2, 0.25) is 0 Å². The molecule has 2 rings (SSSR count). The van der Waals surface area contributed by atoms with E-state index in [9.17, 15) is 14.4 Å². The Hall–Kier alpha value is -1.79. The molecule has 0 unspecified atom stereocenters. The van der Waals surface area contributed by atoms with Gasteiger partial charge in [-0.2, -0.15) is 0 Å². The van der Waals surface area contributed by atoms with Gasteiger partial charge in [0.15, 0.2) is 0 Å². The fourth-order valence-corrected chi connectivity index (χ4v) is 2.12. The van der Waals surface area contributed by atoms with Crippen LogP contribution in [0.1, 0.15) is 38.5 Å². The molecule has 7 heteroatoms. The van der Waals surface area contributed by atoms with E-state index in [4.69, 9.17) is 10.2 Å². The van der Waals surface area contributed by atoms with Crippen LogP contribution in [-0.2, 0) is 9.59 Å². The second kappa shape index (κ2) is 6.11. The number of carbonyl (C=O) groups is 3. The molecule has 0 saturated heterocycles. The second-order valence-corrected chi connectivity index (χ2v) is 5.60. The predicted octanol–water partition coefficient (Wildman–Crippen LogP) is 0.888. The first kappa shape index (κ1) is 14.6. The molecule has 0 radical (unpaired) electrons. The Labute approximate surface area is 116 Å². The lowest BCUT2D eigenvalue weighted by atomic mass is 10.1. The maximum Gasteiger partial charge on any atom is 0.326 e. The summed E-state index contributed by atoms with van der Waals surface area (Å²) in [6.07, 6.45) is 3.80. The van der Waals surface area contributed by atoms with Gasteiger partial charge in [-0.15, -0.1) is 0 Å². The summed E-state index contributed by atoms with van der Waals surface area (Å²) in [6.45, 7) is 0.682. The number of carbonyl (C=O) groups excluding carboxylic acids is 1. The van der Waals surface area contributed by atoms with Gasteiger partial charge in [-0.3, -0.25) is 4.79 Å². The van der Waals surface area contributed by atoms with Crippen molar-refractivity contribution in [1.29, 1.82) is 0 Å². The summed E-state index contributed by atoms with van der Waals surface area (Å²) in [5.74, 6) is -1.71. The monoisotopic (exact) mass is 284 g/mol. The van der Waals surface area contributed by atoms with E-state index < -0.39 is 18.0 Å². The average Bonchev–Trinajstić information content (AvgIpc) is 3.24. The zero-order chi connectivity index (χ0) is 14.7. The predicted molar refractivity (Wildman–Crippen MR) is 69.3 cm³/mol. The molecule has 0 aromatic rings. The molecule has 7 nitrogen and oxygen atoms in total. The summed E-state index contributed by atoms with van der Waals surface area (Å²) in [7, 11) is 0. The van der Waals surface area contributed by atoms with Crippen LogP contribution < -0.4 is 5.32 Å². The van der Waals surface area contributed by atoms with Crippen molar-refractivity contribution in [2.75, 3.05) is 6.54 Å². The fraction of sp³-hybridized carbons (Fsp3) is 0.769. The van der Waals surface area contributed by atoms with Crippen molar-refractivity contribution < 1.29 is 24.6 Å². The molecule has 1 atom stereocenters. The number of carboxylic acid groups (broad SMARTS) is 2. The number of carboxylic acids is 2. The molecule has 2 fully saturated rings. The Morgan fingerprint density at radius 2 is 1.80 bits per heavy atom. The van der Waals surface area contributed by atoms with Gasteiger partial charge in [-0.1, -0.05) is 0 Å². The Kier molecular flexibility index (Phi) is 4.46. The SMILES string of the molecule is O=C(O)CC[C@H](NC(=O)N(CC1CC1)C1CC1)C(=O)O. The first-order valence-electron chi connectivity index (χ1n) is 6.99. The summed E-state index contributed by atoms with van der Waals surface area (Å²) in [5.41, 5.74) is 0. The summed E-state index contributed by atoms with van der Waals surface area (Å²) in [6, 6.07) is -1.29. The zero-order valence-corrected chi connectivity index (χ0v) is 11.2. The van der Waals surface area contributed by atoms with Crippen molar-refractivity contribution in [3.8, 4) is 0 Å². The maximum absolute atomic E-state index is 12.2. The molecule has 112 valence electrons. The lowest BCUT2D eigenvalue weighted by Crippen LogP contribution is -2.49. The summed E-state index contributed by atoms with van der Waals surface area (Å²) in [4.78, 5) is 35.4. The maximum atomic E-state index is 12.2. The average molecular weight is 284 g/mol. The first-order valence-corrected chi connectivity index (χ1v) is 6.99. The highest BCUT2D eigenvalue weighted by Crippen LogP contribution is 2.34. The van der Waals surface area contributed by atoms with Crippen molar-refractivity contribution in [1.82, 2.24) is 10.2 Å². The van der Waals surface area contributed by atoms with Gasteiger partial charge in [0.25, 0.3) is 0 Å². The van der Waals surface area contributed by atoms with Crippen LogP contribution in [0.15, 0.2) is 0 Å². The first-order chi connectivity index (χ1) is 9.47. The van der Waals surface area contributed by atoms with Gasteiger partial charge >= 0.3 is 18.0 Å². The number of urea groups is 1. The molecule has 20 heavy (non-hydrogen) atoms. The Morgan fingerprint density at radius 3 is 2.25 bits per heavy atom. The number of hydrogen-bond donors (Lipinski definition) is 3. The third-order valence-corrected chi connectivity index (χ3v) is 3.64. The molecule has 3 N–H and O–H groups in total. The van der Waals surface area contributed by atoms with Gasteiger partial charge in [0, 0.05) is 19.0 Å². The van der Waals surface area contributed by atoms with E-state index in [1.165, 1.54) is 0 Å². The van der Waals surface area contributed by atoms with Crippen LogP contribution >= 0.6 is 0 Å². The molecule has 2 aliphatic rings. The molecular formula is C13H20N2O5. The van der Waals surface area contributed by atoms with Crippen LogP contribution in [0.25, 0.3) is 0 Å². The minimum atomic E-state index is -1.19. The van der Waals surface area contributed by atoms with Gasteiger partial charge < -0.3 is 20.4 Å². The van der Waals surface area contributed by atoms with Gasteiger partial charge in [0.1, 0.15) is 6.04 Å². The highest BCUT2D eigenvalue weighted by Gasteiger charge is 2.37. The molecule has 2 aliphatic carbocycles. The van der Waals surface area contributed by atoms with E-state index in [1.54, 1.807) is 4.90 Å². The Balaban J connectivity index is 1.87. The summed E-state index contributed by atoms with van der Waals surface area (Å²) in [5, 5.41) is 20.1. The third kappa shape index (κ3) is 4.40. The largest absolute Gasteiger partial charge is 0.481 e. The van der Waals surface area contributed by atoms with Crippen molar-refractivity contribution in [3.63, 3.8) is 0 Å². The highest BCUT2D eigenvalue weighted by molar-refractivity contribution is 5.83. The molecule has 2 saturated carbocycles. The number of nitrogens with zero attached hydrogens (tertiary/aromatic N) is 1. The van der Waals surface area contributed by atoms with Gasteiger partial charge in [-0.05, 0) is 38.0 Å². The van der Waals surface area contributed by atoms with Crippen LogP contribution in [-0.4, -0.2) is 51.7 Å². The van der Waals surface area contributed by atoms with E-state index in [-0.39, 0.29) is 24.9 Å². The zero-order valence-electron chi connectivity index (χ0n) is 11.2. The van der Waals surface area contributed by atoms with Gasteiger partial charge in [0.2, 0.25) is 0 Å². The van der Waals surface area contributed by atoms with Gasteiger partial charge in [-0.25, -0.2) is 9.59 Å². The Bertz CT molecular complexity index is 404. The van der Waals surface area contributed by atoms with E-state index in [0.29, 0.717) is 12.5 Å². The molecule has 2 amide bonds. The Morgan fingerprint density at radius 1 is 1.15 bits per heavy atom. The topological polar surface area (TPSA) is 107 Å². The second-order valence-electron chi connectivity index (χ2n) is 5.60. The van der Waals surface area contributed by atoms with Crippen LogP contribution in [0.4, 0.5) is 4.79 Å². The quantitative estimate of drug-likeness (QED) is 0.613. The van der Waals surface area contributed by atoms with Gasteiger partial charge in [0.05, 0.1) is 0 Å². The molecule has 0 heterocycles. The van der Waals surface area contributed by atoms with Crippen LogP contribution in [0.5, 0.6) is 0 Å². The summed E-state index contributed by atoms with van der Waals surface area (Å²) < 4.78 is 0. The smallest absolute Gasteiger partial charge is 0.326 e. The van der Waals surface area contributed by atoms with E-state index in [2.05, 4.69) is 5.32 Å². The number of aliphatic carboxylic acids is 2. The molecule has 0 aromatic heterocycles. The number of nitrogens with one attached hydrogen (secondary N) is 1. The van der Waals surface area contributed by atoms with Crippen LogP contribution in [0, 0.1) is 5.92 Å². The van der Waals surface area contributed by atoms with Crippen molar-refractivity contribution in [2.45, 2.75) is 50.6 Å². The number of rotatable bonds is 8. The fourth-order valence-electron chi connectivity index (χ4n) is 2.12. The molecular weight excluding hydrogens is 264 g/mol.